The average molecular weight is 263 g/mol. The van der Waals surface area contributed by atoms with Crippen molar-refractivity contribution in [3.63, 3.8) is 0 Å². The maximum atomic E-state index is 11.0. The van der Waals surface area contributed by atoms with Gasteiger partial charge in [0.2, 0.25) is 0 Å². The molecule has 1 aliphatic rings. The second-order valence-corrected chi connectivity index (χ2v) is 5.54. The van der Waals surface area contributed by atoms with Gasteiger partial charge in [0.1, 0.15) is 0 Å². The van der Waals surface area contributed by atoms with Crippen LogP contribution < -0.4 is 16.5 Å². The van der Waals surface area contributed by atoms with Gasteiger partial charge in [-0.15, -0.1) is 0 Å². The van der Waals surface area contributed by atoms with E-state index in [0.717, 1.165) is 0 Å². The molecule has 0 saturated carbocycles. The van der Waals surface area contributed by atoms with E-state index in [4.69, 9.17) is 15.0 Å². The third-order valence-electron chi connectivity index (χ3n) is 3.62. The highest BCUT2D eigenvalue weighted by Crippen LogP contribution is 2.36. The molecule has 1 aromatic rings. The molecule has 102 valence electrons. The molecule has 1 aromatic heterocycles. The molecule has 1 aliphatic heterocycles. The fourth-order valence-electron chi connectivity index (χ4n) is 1.81. The molecule has 0 spiro atoms. The average Bonchev–Trinajstić information content (AvgIpc) is 2.48. The van der Waals surface area contributed by atoms with Gasteiger partial charge in [0.05, 0.1) is 11.2 Å². The normalized spacial score (nSPS) is 20.3. The lowest BCUT2D eigenvalue weighted by atomic mass is 9.79. The van der Waals surface area contributed by atoms with E-state index >= 15 is 0 Å². The Morgan fingerprint density at radius 3 is 2.42 bits per heavy atom. The van der Waals surface area contributed by atoms with E-state index in [1.807, 2.05) is 27.7 Å². The van der Waals surface area contributed by atoms with Gasteiger partial charge in [-0.2, -0.15) is 0 Å². The highest BCUT2D eigenvalue weighted by Gasteiger charge is 2.52. The number of rotatable bonds is 2. The van der Waals surface area contributed by atoms with E-state index in [-0.39, 0.29) is 0 Å². The first-order valence-corrected chi connectivity index (χ1v) is 6.09. The van der Waals surface area contributed by atoms with E-state index in [0.29, 0.717) is 11.2 Å². The van der Waals surface area contributed by atoms with Gasteiger partial charge in [0, 0.05) is 23.5 Å². The molecule has 2 heterocycles. The maximum absolute atomic E-state index is 11.0. The van der Waals surface area contributed by atoms with Gasteiger partial charge in [0.15, 0.2) is 0 Å². The highest BCUT2D eigenvalue weighted by molar-refractivity contribution is 6.64. The second-order valence-electron chi connectivity index (χ2n) is 5.54. The quantitative estimate of drug-likeness (QED) is 0.775. The number of primary amides is 1. The summed E-state index contributed by atoms with van der Waals surface area (Å²) in [4.78, 5) is 15.0. The monoisotopic (exact) mass is 263 g/mol. The first kappa shape index (κ1) is 13.8. The summed E-state index contributed by atoms with van der Waals surface area (Å²) in [5.74, 6) is 0. The fourth-order valence-corrected chi connectivity index (χ4v) is 1.81. The van der Waals surface area contributed by atoms with Crippen LogP contribution in [0.15, 0.2) is 18.5 Å². The summed E-state index contributed by atoms with van der Waals surface area (Å²) in [6.45, 7) is 7.85. The van der Waals surface area contributed by atoms with Crippen LogP contribution in [0.5, 0.6) is 0 Å². The number of aromatic nitrogens is 1. The molecule has 0 unspecified atom stereocenters. The molecule has 6 nitrogen and oxygen atoms in total. The van der Waals surface area contributed by atoms with Crippen LogP contribution in [0.1, 0.15) is 27.7 Å². The van der Waals surface area contributed by atoms with Crippen LogP contribution in [-0.4, -0.2) is 29.3 Å². The molecule has 0 atom stereocenters. The topological polar surface area (TPSA) is 86.5 Å². The van der Waals surface area contributed by atoms with E-state index in [1.54, 1.807) is 18.5 Å². The third-order valence-corrected chi connectivity index (χ3v) is 3.62. The van der Waals surface area contributed by atoms with Crippen LogP contribution in [0.25, 0.3) is 0 Å². The van der Waals surface area contributed by atoms with Crippen LogP contribution in [0, 0.1) is 0 Å². The van der Waals surface area contributed by atoms with Crippen molar-refractivity contribution in [3.05, 3.63) is 18.5 Å². The summed E-state index contributed by atoms with van der Waals surface area (Å²) in [5, 5.41) is 2.54. The number of urea groups is 1. The van der Waals surface area contributed by atoms with Crippen molar-refractivity contribution < 1.29 is 14.1 Å². The van der Waals surface area contributed by atoms with Gasteiger partial charge in [-0.1, -0.05) is 0 Å². The largest absolute Gasteiger partial charge is 0.498 e. The Morgan fingerprint density at radius 2 is 1.89 bits per heavy atom. The van der Waals surface area contributed by atoms with E-state index in [9.17, 15) is 4.79 Å². The number of carbonyl (C=O) groups is 1. The summed E-state index contributed by atoms with van der Waals surface area (Å²) < 4.78 is 11.8. The second kappa shape index (κ2) is 4.50. The van der Waals surface area contributed by atoms with E-state index in [1.165, 1.54) is 0 Å². The molecule has 1 fully saturated rings. The lowest BCUT2D eigenvalue weighted by Gasteiger charge is -2.32. The van der Waals surface area contributed by atoms with Crippen molar-refractivity contribution in [2.75, 3.05) is 5.32 Å². The number of nitrogens with zero attached hydrogens (tertiary/aromatic N) is 1. The van der Waals surface area contributed by atoms with Gasteiger partial charge in [-0.3, -0.25) is 4.98 Å². The van der Waals surface area contributed by atoms with Crippen LogP contribution in [-0.2, 0) is 9.31 Å². The number of nitrogens with two attached hydrogens (primary N) is 1. The van der Waals surface area contributed by atoms with Crippen molar-refractivity contribution >= 4 is 24.3 Å². The third kappa shape index (κ3) is 2.57. The Balaban J connectivity index is 2.32. The number of pyridine rings is 1. The number of amides is 2. The van der Waals surface area contributed by atoms with E-state index < -0.39 is 24.4 Å². The molecule has 3 N–H and O–H groups in total. The van der Waals surface area contributed by atoms with E-state index in [2.05, 4.69) is 10.3 Å². The minimum atomic E-state index is -0.635. The Labute approximate surface area is 112 Å². The molecule has 2 amide bonds. The molecule has 0 radical (unpaired) electrons. The molecular formula is C12H18BN3O3. The number of anilines is 1. The number of carbonyl (C=O) groups excluding carboxylic acids is 1. The summed E-state index contributed by atoms with van der Waals surface area (Å²) in [6.07, 6.45) is 3.17. The van der Waals surface area contributed by atoms with Crippen molar-refractivity contribution in [1.29, 1.82) is 0 Å². The molecule has 19 heavy (non-hydrogen) atoms. The first-order valence-electron chi connectivity index (χ1n) is 6.09. The lowest BCUT2D eigenvalue weighted by molar-refractivity contribution is 0.00578. The zero-order chi connectivity index (χ0) is 14.3. The van der Waals surface area contributed by atoms with Crippen LogP contribution in [0.3, 0.4) is 0 Å². The zero-order valence-electron chi connectivity index (χ0n) is 11.6. The van der Waals surface area contributed by atoms with Crippen molar-refractivity contribution in [2.45, 2.75) is 38.9 Å². The van der Waals surface area contributed by atoms with Crippen molar-refractivity contribution in [2.24, 2.45) is 5.73 Å². The lowest BCUT2D eigenvalue weighted by Crippen LogP contribution is -2.41. The van der Waals surface area contributed by atoms with Crippen molar-refractivity contribution in [3.8, 4) is 0 Å². The van der Waals surface area contributed by atoms with Gasteiger partial charge in [-0.05, 0) is 33.8 Å². The molecule has 0 aromatic carbocycles. The van der Waals surface area contributed by atoms with Gasteiger partial charge in [0.25, 0.3) is 0 Å². The van der Waals surface area contributed by atoms with Gasteiger partial charge in [-0.25, -0.2) is 4.79 Å². The maximum Gasteiger partial charge on any atom is 0.498 e. The van der Waals surface area contributed by atoms with Crippen LogP contribution >= 0.6 is 0 Å². The zero-order valence-corrected chi connectivity index (χ0v) is 11.6. The van der Waals surface area contributed by atoms with Crippen molar-refractivity contribution in [1.82, 2.24) is 4.98 Å². The Hall–Kier alpha value is -1.60. The molecule has 2 rings (SSSR count). The predicted molar refractivity (Wildman–Crippen MR) is 73.2 cm³/mol. The fraction of sp³-hybridized carbons (Fsp3) is 0.500. The standard InChI is InChI=1S/C12H18BN3O3/c1-11(2)12(3,4)19-13(18-11)8-7-15-6-5-9(8)16-10(14)17/h5-7H,1-4H3,(H3,14,15,16,17). The highest BCUT2D eigenvalue weighted by atomic mass is 16.7. The number of hydrogen-bond donors (Lipinski definition) is 2. The Morgan fingerprint density at radius 1 is 1.32 bits per heavy atom. The predicted octanol–water partition coefficient (Wildman–Crippen LogP) is 0.871. The minimum absolute atomic E-state index is 0.447. The summed E-state index contributed by atoms with van der Waals surface area (Å²) in [7, 11) is -0.583. The summed E-state index contributed by atoms with van der Waals surface area (Å²) in [6, 6.07) is 1.02. The minimum Gasteiger partial charge on any atom is -0.399 e. The molecule has 0 bridgehead atoms. The Bertz CT molecular complexity index is 489. The molecule has 0 aliphatic carbocycles. The number of hydrogen-bond acceptors (Lipinski definition) is 4. The Kier molecular flexibility index (Phi) is 3.28. The molecule has 7 heteroatoms. The van der Waals surface area contributed by atoms with Crippen LogP contribution in [0.2, 0.25) is 0 Å². The summed E-state index contributed by atoms with van der Waals surface area (Å²) >= 11 is 0. The van der Waals surface area contributed by atoms with Crippen LogP contribution in [0.4, 0.5) is 10.5 Å². The first-order chi connectivity index (χ1) is 8.73. The number of nitrogens with one attached hydrogen (secondary N) is 1. The molecular weight excluding hydrogens is 245 g/mol. The van der Waals surface area contributed by atoms with Gasteiger partial charge < -0.3 is 20.4 Å². The molecule has 1 saturated heterocycles. The smallest absolute Gasteiger partial charge is 0.399 e. The SMILES string of the molecule is CC1(C)OB(c2cnccc2NC(N)=O)OC1(C)C. The summed E-state index contributed by atoms with van der Waals surface area (Å²) in [5.41, 5.74) is 5.45. The van der Waals surface area contributed by atoms with Gasteiger partial charge >= 0.3 is 13.1 Å².